The first-order chi connectivity index (χ1) is 15.2. The van der Waals surface area contributed by atoms with Gasteiger partial charge in [0.15, 0.2) is 6.20 Å². The molecule has 0 bridgehead atoms. The van der Waals surface area contributed by atoms with Crippen LogP contribution in [0.5, 0.6) is 0 Å². The number of benzene rings is 3. The quantitative estimate of drug-likeness (QED) is 0.122. The fourth-order valence-electron chi connectivity index (χ4n) is 5.52. The van der Waals surface area contributed by atoms with Gasteiger partial charge in [0.25, 0.3) is 0 Å². The van der Waals surface area contributed by atoms with Gasteiger partial charge in [-0.25, -0.2) is 4.57 Å². The summed E-state index contributed by atoms with van der Waals surface area (Å²) in [5, 5.41) is 8.35. The summed E-state index contributed by atoms with van der Waals surface area (Å²) in [6.45, 7) is 14.2. The first kappa shape index (κ1) is 19.7. The number of pyridine rings is 2. The lowest BCUT2D eigenvalue weighted by atomic mass is 9.99. The minimum atomic E-state index is -1.49. The number of aromatic nitrogens is 2. The van der Waals surface area contributed by atoms with Crippen LogP contribution in [0.2, 0.25) is 19.6 Å². The van der Waals surface area contributed by atoms with E-state index in [1.54, 1.807) is 0 Å². The highest BCUT2D eigenvalue weighted by Gasteiger charge is 2.26. The van der Waals surface area contributed by atoms with E-state index in [-0.39, 0.29) is 0 Å². The zero-order chi connectivity index (χ0) is 22.5. The number of fused-ring (bicyclic) bond motifs is 5. The molecule has 0 spiro atoms. The first-order valence-electron chi connectivity index (χ1n) is 11.7. The van der Waals surface area contributed by atoms with Crippen LogP contribution in [0.4, 0.5) is 0 Å². The van der Waals surface area contributed by atoms with Gasteiger partial charge in [-0.3, -0.25) is 0 Å². The van der Waals surface area contributed by atoms with Crippen molar-refractivity contribution in [1.82, 2.24) is 4.40 Å². The maximum absolute atomic E-state index is 2.58. The van der Waals surface area contributed by atoms with Crippen LogP contribution in [0.25, 0.3) is 49.0 Å². The Labute approximate surface area is 190 Å². The largest absolute Gasteiger partial charge is 0.307 e. The summed E-state index contributed by atoms with van der Waals surface area (Å²) in [4.78, 5) is 0. The Morgan fingerprint density at radius 2 is 1.59 bits per heavy atom. The molecule has 160 valence electrons. The van der Waals surface area contributed by atoms with Crippen LogP contribution in [0.15, 0.2) is 54.7 Å². The Balaban J connectivity index is 2.02. The monoisotopic (exact) mass is 435 g/mol. The molecular formula is C29H31N2Si+. The standard InChI is InChI=1S/C29H31N2Si/c1-17(2)19-9-11-22-23-10-8-18(3)26-28(23)31(24(22)15-19)25-16-21(32(5,6)7)14-20-12-13-30(4)29(26)27(20)25/h8-17H,1-7H3/q+1. The Morgan fingerprint density at radius 3 is 2.31 bits per heavy atom. The molecule has 0 unspecified atom stereocenters. The normalized spacial score (nSPS) is 13.1. The van der Waals surface area contributed by atoms with Gasteiger partial charge < -0.3 is 4.40 Å². The molecule has 3 aromatic heterocycles. The van der Waals surface area contributed by atoms with Crippen molar-refractivity contribution in [2.45, 2.75) is 46.3 Å². The zero-order valence-corrected chi connectivity index (χ0v) is 21.2. The fraction of sp³-hybridized carbons (Fsp3) is 0.276. The number of hydrogen-bond donors (Lipinski definition) is 0. The van der Waals surface area contributed by atoms with E-state index in [2.05, 4.69) is 111 Å². The van der Waals surface area contributed by atoms with Crippen LogP contribution in [0.1, 0.15) is 30.9 Å². The van der Waals surface area contributed by atoms with Crippen molar-refractivity contribution in [3.8, 4) is 0 Å². The summed E-state index contributed by atoms with van der Waals surface area (Å²) in [6, 6.07) is 19.0. The van der Waals surface area contributed by atoms with Gasteiger partial charge >= 0.3 is 0 Å². The number of nitrogens with zero attached hydrogens (tertiary/aromatic N) is 2. The van der Waals surface area contributed by atoms with Crippen molar-refractivity contribution in [1.29, 1.82) is 0 Å². The Morgan fingerprint density at radius 1 is 0.844 bits per heavy atom. The lowest BCUT2D eigenvalue weighted by molar-refractivity contribution is -0.643. The average Bonchev–Trinajstić information content (AvgIpc) is 3.07. The van der Waals surface area contributed by atoms with Crippen LogP contribution in [-0.2, 0) is 7.05 Å². The molecule has 0 aliphatic rings. The van der Waals surface area contributed by atoms with Crippen molar-refractivity contribution in [3.05, 3.63) is 65.9 Å². The van der Waals surface area contributed by atoms with Crippen LogP contribution < -0.4 is 9.75 Å². The number of hydrogen-bond acceptors (Lipinski definition) is 0. The second kappa shape index (κ2) is 6.32. The summed E-state index contributed by atoms with van der Waals surface area (Å²) in [5.41, 5.74) is 8.14. The summed E-state index contributed by atoms with van der Waals surface area (Å²) in [7, 11) is 0.706. The number of rotatable bonds is 2. The Bertz CT molecular complexity index is 1700. The molecule has 0 aliphatic carbocycles. The third-order valence-electron chi connectivity index (χ3n) is 7.39. The molecular weight excluding hydrogens is 404 g/mol. The van der Waals surface area contributed by atoms with E-state index in [9.17, 15) is 0 Å². The lowest BCUT2D eigenvalue weighted by Gasteiger charge is -2.20. The lowest BCUT2D eigenvalue weighted by Crippen LogP contribution is -2.38. The smallest absolute Gasteiger partial charge is 0.224 e. The van der Waals surface area contributed by atoms with Gasteiger partial charge in [-0.1, -0.05) is 69.0 Å². The highest BCUT2D eigenvalue weighted by atomic mass is 28.3. The zero-order valence-electron chi connectivity index (χ0n) is 20.2. The predicted molar refractivity (Wildman–Crippen MR) is 142 cm³/mol. The minimum absolute atomic E-state index is 0.508. The molecule has 0 atom stereocenters. The molecule has 0 amide bonds. The highest BCUT2D eigenvalue weighted by Crippen LogP contribution is 2.41. The molecule has 3 heteroatoms. The van der Waals surface area contributed by atoms with E-state index >= 15 is 0 Å². The van der Waals surface area contributed by atoms with E-state index in [1.165, 1.54) is 65.3 Å². The minimum Gasteiger partial charge on any atom is -0.307 e. The summed E-state index contributed by atoms with van der Waals surface area (Å²) >= 11 is 0. The van der Waals surface area contributed by atoms with E-state index in [4.69, 9.17) is 0 Å². The first-order valence-corrected chi connectivity index (χ1v) is 15.2. The van der Waals surface area contributed by atoms with Gasteiger partial charge in [0.1, 0.15) is 7.05 Å². The third-order valence-corrected chi connectivity index (χ3v) is 9.41. The van der Waals surface area contributed by atoms with E-state index in [0.29, 0.717) is 5.92 Å². The predicted octanol–water partition coefficient (Wildman–Crippen LogP) is 6.79. The number of aryl methyl sites for hydroxylation is 2. The maximum Gasteiger partial charge on any atom is 0.224 e. The molecule has 32 heavy (non-hydrogen) atoms. The van der Waals surface area contributed by atoms with Gasteiger partial charge in [-0.2, -0.15) is 0 Å². The molecule has 6 aromatic rings. The Kier molecular flexibility index (Phi) is 3.90. The van der Waals surface area contributed by atoms with Crippen LogP contribution in [-0.4, -0.2) is 12.5 Å². The third kappa shape index (κ3) is 2.49. The molecule has 0 radical (unpaired) electrons. The highest BCUT2D eigenvalue weighted by molar-refractivity contribution is 6.89. The van der Waals surface area contributed by atoms with Crippen molar-refractivity contribution < 1.29 is 4.57 Å². The summed E-state index contributed by atoms with van der Waals surface area (Å²) < 4.78 is 4.90. The van der Waals surface area contributed by atoms with Gasteiger partial charge in [0.05, 0.1) is 35.4 Å². The van der Waals surface area contributed by atoms with Crippen LogP contribution >= 0.6 is 0 Å². The fourth-order valence-corrected chi connectivity index (χ4v) is 6.68. The molecule has 3 heterocycles. The molecule has 0 aliphatic heterocycles. The van der Waals surface area contributed by atoms with Gasteiger partial charge in [-0.15, -0.1) is 0 Å². The van der Waals surface area contributed by atoms with Crippen LogP contribution in [0, 0.1) is 6.92 Å². The van der Waals surface area contributed by atoms with Gasteiger partial charge in [0, 0.05) is 16.8 Å². The van der Waals surface area contributed by atoms with Crippen molar-refractivity contribution >= 4 is 62.3 Å². The topological polar surface area (TPSA) is 8.29 Å². The summed E-state index contributed by atoms with van der Waals surface area (Å²) in [5.74, 6) is 0.508. The van der Waals surface area contributed by atoms with Crippen molar-refractivity contribution in [2.75, 3.05) is 0 Å². The summed E-state index contributed by atoms with van der Waals surface area (Å²) in [6.07, 6.45) is 2.24. The van der Waals surface area contributed by atoms with E-state index < -0.39 is 8.07 Å². The molecule has 6 rings (SSSR count). The molecule has 0 saturated carbocycles. The van der Waals surface area contributed by atoms with Crippen LogP contribution in [0.3, 0.4) is 0 Å². The van der Waals surface area contributed by atoms with E-state index in [0.717, 1.165) is 0 Å². The molecule has 0 fully saturated rings. The molecule has 3 aromatic carbocycles. The van der Waals surface area contributed by atoms with Gasteiger partial charge in [-0.05, 0) is 41.5 Å². The second-order valence-electron chi connectivity index (χ2n) is 10.9. The molecule has 0 saturated heterocycles. The Hall–Kier alpha value is -2.91. The van der Waals surface area contributed by atoms with Gasteiger partial charge in [0.2, 0.25) is 5.52 Å². The molecule has 2 nitrogen and oxygen atoms in total. The SMILES string of the molecule is Cc1ccc2c3ccc(C(C)C)cc3n3c4cc([Si](C)(C)C)cc5cc[n+](C)c(c1c23)c54. The van der Waals surface area contributed by atoms with Crippen molar-refractivity contribution in [2.24, 2.45) is 7.05 Å². The average molecular weight is 436 g/mol. The second-order valence-corrected chi connectivity index (χ2v) is 16.0. The van der Waals surface area contributed by atoms with Crippen molar-refractivity contribution in [3.63, 3.8) is 0 Å². The van der Waals surface area contributed by atoms with E-state index in [1.807, 2.05) is 0 Å². The maximum atomic E-state index is 2.58. The molecule has 0 N–H and O–H groups in total.